The molecule has 0 aromatic heterocycles. The van der Waals surface area contributed by atoms with Crippen LogP contribution in [0.4, 0.5) is 5.69 Å². The monoisotopic (exact) mass is 334 g/mol. The van der Waals surface area contributed by atoms with E-state index in [4.69, 9.17) is 23.2 Å². The largest absolute Gasteiger partial charge is 0.366 e. The molecule has 0 saturated heterocycles. The lowest BCUT2D eigenvalue weighted by atomic mass is 10.0. The van der Waals surface area contributed by atoms with Gasteiger partial charge in [-0.25, -0.2) is 4.99 Å². The lowest BCUT2D eigenvalue weighted by molar-refractivity contribution is 0.103. The van der Waals surface area contributed by atoms with Crippen LogP contribution >= 0.6 is 23.2 Å². The fraction of sp³-hybridized carbons (Fsp3) is 0.176. The highest BCUT2D eigenvalue weighted by Gasteiger charge is 2.17. The van der Waals surface area contributed by atoms with Gasteiger partial charge in [0.25, 0.3) is 0 Å². The number of nitrogens with zero attached hydrogens (tertiary/aromatic N) is 2. The highest BCUT2D eigenvalue weighted by molar-refractivity contribution is 6.35. The second-order valence-corrected chi connectivity index (χ2v) is 5.87. The molecule has 2 aromatic carbocycles. The first-order valence-corrected chi connectivity index (χ1v) is 7.47. The van der Waals surface area contributed by atoms with Crippen molar-refractivity contribution in [2.24, 2.45) is 4.99 Å². The highest BCUT2D eigenvalue weighted by atomic mass is 35.5. The van der Waals surface area contributed by atoms with Crippen molar-refractivity contribution in [3.63, 3.8) is 0 Å². The maximum atomic E-state index is 12.8. The molecule has 2 rings (SSSR count). The number of amidine groups is 1. The Morgan fingerprint density at radius 2 is 1.73 bits per heavy atom. The van der Waals surface area contributed by atoms with E-state index in [1.165, 1.54) is 0 Å². The van der Waals surface area contributed by atoms with Gasteiger partial charge in [0.1, 0.15) is 5.84 Å². The summed E-state index contributed by atoms with van der Waals surface area (Å²) in [7, 11) is 3.79. The quantitative estimate of drug-likeness (QED) is 0.457. The van der Waals surface area contributed by atoms with Crippen LogP contribution in [0.3, 0.4) is 0 Å². The maximum Gasteiger partial charge on any atom is 0.196 e. The molecule has 0 amide bonds. The van der Waals surface area contributed by atoms with Gasteiger partial charge >= 0.3 is 0 Å². The Kier molecular flexibility index (Phi) is 5.22. The zero-order valence-corrected chi connectivity index (χ0v) is 14.1. The fourth-order valence-electron chi connectivity index (χ4n) is 1.85. The summed E-state index contributed by atoms with van der Waals surface area (Å²) >= 11 is 12.2. The van der Waals surface area contributed by atoms with Crippen molar-refractivity contribution >= 4 is 40.5 Å². The molecule has 0 radical (unpaired) electrons. The minimum Gasteiger partial charge on any atom is -0.366 e. The van der Waals surface area contributed by atoms with Gasteiger partial charge in [0.2, 0.25) is 0 Å². The molecule has 0 N–H and O–H groups in total. The molecular weight excluding hydrogens is 319 g/mol. The number of carbonyl (C=O) groups excluding carboxylic acids is 1. The molecule has 0 bridgehead atoms. The van der Waals surface area contributed by atoms with Crippen LogP contribution in [-0.2, 0) is 0 Å². The maximum absolute atomic E-state index is 12.8. The molecule has 2 aromatic rings. The van der Waals surface area contributed by atoms with E-state index in [0.717, 1.165) is 5.84 Å². The topological polar surface area (TPSA) is 32.7 Å². The summed E-state index contributed by atoms with van der Waals surface area (Å²) in [4.78, 5) is 19.1. The van der Waals surface area contributed by atoms with Crippen LogP contribution in [0.25, 0.3) is 0 Å². The number of ketones is 1. The molecule has 0 saturated carbocycles. The molecule has 5 heteroatoms. The third-order valence-electron chi connectivity index (χ3n) is 3.25. The molecule has 0 spiro atoms. The lowest BCUT2D eigenvalue weighted by Crippen LogP contribution is -2.18. The molecule has 0 aliphatic heterocycles. The Balaban J connectivity index is 2.55. The van der Waals surface area contributed by atoms with E-state index in [2.05, 4.69) is 4.99 Å². The number of halogens is 2. The van der Waals surface area contributed by atoms with Crippen LogP contribution in [0.15, 0.2) is 47.5 Å². The molecule has 0 fully saturated rings. The van der Waals surface area contributed by atoms with E-state index in [-0.39, 0.29) is 5.78 Å². The average molecular weight is 335 g/mol. The smallest absolute Gasteiger partial charge is 0.196 e. The number of hydrogen-bond donors (Lipinski definition) is 0. The van der Waals surface area contributed by atoms with Gasteiger partial charge in [-0.3, -0.25) is 4.79 Å². The minimum absolute atomic E-state index is 0.196. The Bertz CT molecular complexity index is 739. The molecule has 114 valence electrons. The molecular formula is C17H16Cl2N2O. The van der Waals surface area contributed by atoms with Crippen molar-refractivity contribution in [3.8, 4) is 0 Å². The summed E-state index contributed by atoms with van der Waals surface area (Å²) in [5.74, 6) is 0.592. The van der Waals surface area contributed by atoms with Crippen LogP contribution in [0.1, 0.15) is 22.8 Å². The van der Waals surface area contributed by atoms with Gasteiger partial charge in [-0.15, -0.1) is 0 Å². The molecule has 0 aliphatic carbocycles. The molecule has 3 nitrogen and oxygen atoms in total. The van der Waals surface area contributed by atoms with E-state index in [1.54, 1.807) is 42.5 Å². The summed E-state index contributed by atoms with van der Waals surface area (Å²) in [6.07, 6.45) is 0. The number of benzene rings is 2. The van der Waals surface area contributed by atoms with Crippen LogP contribution < -0.4 is 0 Å². The first-order valence-electron chi connectivity index (χ1n) is 6.71. The van der Waals surface area contributed by atoms with Gasteiger partial charge in [0.15, 0.2) is 5.78 Å². The lowest BCUT2D eigenvalue weighted by Gasteiger charge is -2.13. The molecule has 0 unspecified atom stereocenters. The average Bonchev–Trinajstić information content (AvgIpc) is 2.48. The van der Waals surface area contributed by atoms with Crippen molar-refractivity contribution in [1.82, 2.24) is 4.90 Å². The number of carbonyl (C=O) groups is 1. The predicted molar refractivity (Wildman–Crippen MR) is 92.8 cm³/mol. The second kappa shape index (κ2) is 6.95. The van der Waals surface area contributed by atoms with Crippen LogP contribution in [0.5, 0.6) is 0 Å². The van der Waals surface area contributed by atoms with Crippen molar-refractivity contribution < 1.29 is 4.79 Å². The normalized spacial score (nSPS) is 11.4. The molecule has 0 atom stereocenters. The number of rotatable bonds is 3. The Hall–Kier alpha value is -1.84. The van der Waals surface area contributed by atoms with Crippen molar-refractivity contribution in [3.05, 3.63) is 63.6 Å². The predicted octanol–water partition coefficient (Wildman–Crippen LogP) is 4.84. The van der Waals surface area contributed by atoms with E-state index >= 15 is 0 Å². The number of aliphatic imine (C=N–C) groups is 1. The third-order valence-corrected chi connectivity index (χ3v) is 3.82. The standard InChI is InChI=1S/C17H16Cl2N2O/c1-11(21(2)3)20-16-9-8-12(18)10-14(16)17(22)13-6-4-5-7-15(13)19/h4-10H,1-3H3. The van der Waals surface area contributed by atoms with Crippen molar-refractivity contribution in [2.75, 3.05) is 14.1 Å². The number of hydrogen-bond acceptors (Lipinski definition) is 2. The van der Waals surface area contributed by atoms with Crippen LogP contribution in [0, 0.1) is 0 Å². The van der Waals surface area contributed by atoms with Gasteiger partial charge in [-0.1, -0.05) is 35.3 Å². The fourth-order valence-corrected chi connectivity index (χ4v) is 2.25. The van der Waals surface area contributed by atoms with E-state index < -0.39 is 0 Å². The van der Waals surface area contributed by atoms with Crippen molar-refractivity contribution in [2.45, 2.75) is 6.92 Å². The Morgan fingerprint density at radius 3 is 2.36 bits per heavy atom. The summed E-state index contributed by atoms with van der Waals surface area (Å²) < 4.78 is 0. The van der Waals surface area contributed by atoms with Crippen LogP contribution in [-0.4, -0.2) is 30.6 Å². The van der Waals surface area contributed by atoms with E-state index in [1.807, 2.05) is 25.9 Å². The molecule has 0 heterocycles. The second-order valence-electron chi connectivity index (χ2n) is 5.02. The first kappa shape index (κ1) is 16.5. The van der Waals surface area contributed by atoms with Gasteiger partial charge in [0.05, 0.1) is 10.7 Å². The summed E-state index contributed by atoms with van der Waals surface area (Å²) in [5, 5.41) is 0.892. The highest BCUT2D eigenvalue weighted by Crippen LogP contribution is 2.28. The Labute approximate surface area is 140 Å². The van der Waals surface area contributed by atoms with E-state index in [0.29, 0.717) is 26.9 Å². The van der Waals surface area contributed by atoms with Crippen molar-refractivity contribution in [1.29, 1.82) is 0 Å². The van der Waals surface area contributed by atoms with Gasteiger partial charge in [0, 0.05) is 30.2 Å². The molecule has 0 aliphatic rings. The van der Waals surface area contributed by atoms with Gasteiger partial charge in [-0.05, 0) is 37.3 Å². The van der Waals surface area contributed by atoms with Gasteiger partial charge in [-0.2, -0.15) is 0 Å². The van der Waals surface area contributed by atoms with Gasteiger partial charge < -0.3 is 4.90 Å². The first-order chi connectivity index (χ1) is 10.4. The van der Waals surface area contributed by atoms with E-state index in [9.17, 15) is 4.79 Å². The zero-order chi connectivity index (χ0) is 16.3. The summed E-state index contributed by atoms with van der Waals surface area (Å²) in [6.45, 7) is 1.87. The summed E-state index contributed by atoms with van der Waals surface area (Å²) in [6, 6.07) is 12.0. The summed E-state index contributed by atoms with van der Waals surface area (Å²) in [5.41, 5.74) is 1.44. The SMILES string of the molecule is CC(=Nc1ccc(Cl)cc1C(=O)c1ccccc1Cl)N(C)C. The minimum atomic E-state index is -0.196. The molecule has 22 heavy (non-hydrogen) atoms. The zero-order valence-electron chi connectivity index (χ0n) is 12.6. The van der Waals surface area contributed by atoms with Crippen LogP contribution in [0.2, 0.25) is 10.0 Å². The Morgan fingerprint density at radius 1 is 1.05 bits per heavy atom. The third kappa shape index (κ3) is 3.67.